The van der Waals surface area contributed by atoms with Crippen LogP contribution in [0.25, 0.3) is 0 Å². The Balaban J connectivity index is 2.17. The number of hydrogen-bond acceptors (Lipinski definition) is 4. The molecule has 1 amide bonds. The van der Waals surface area contributed by atoms with Gasteiger partial charge in [-0.05, 0) is 37.5 Å². The quantitative estimate of drug-likeness (QED) is 0.598. The lowest BCUT2D eigenvalue weighted by atomic mass is 9.77. The van der Waals surface area contributed by atoms with Crippen molar-refractivity contribution in [2.24, 2.45) is 0 Å². The molecule has 0 heterocycles. The van der Waals surface area contributed by atoms with E-state index in [4.69, 9.17) is 5.73 Å². The fourth-order valence-corrected chi connectivity index (χ4v) is 2.17. The Hall–Kier alpha value is -1.75. The SMILES string of the molecule is CNC(=O)c1ccc(NC2(CO)CCC2)c(N)c1. The van der Waals surface area contributed by atoms with Crippen LogP contribution in [0.3, 0.4) is 0 Å². The third kappa shape index (κ3) is 2.26. The van der Waals surface area contributed by atoms with Gasteiger partial charge in [0.2, 0.25) is 0 Å². The molecule has 2 rings (SSSR count). The average Bonchev–Trinajstić information content (AvgIpc) is 2.34. The number of rotatable bonds is 4. The molecule has 1 aliphatic carbocycles. The van der Waals surface area contributed by atoms with Crippen LogP contribution in [0, 0.1) is 0 Å². The molecule has 5 heteroatoms. The normalized spacial score (nSPS) is 16.8. The van der Waals surface area contributed by atoms with Crippen LogP contribution in [-0.2, 0) is 0 Å². The van der Waals surface area contributed by atoms with Gasteiger partial charge in [0.15, 0.2) is 0 Å². The maximum Gasteiger partial charge on any atom is 0.251 e. The first-order valence-electron chi connectivity index (χ1n) is 6.11. The minimum absolute atomic E-state index is 0.101. The highest BCUT2D eigenvalue weighted by Crippen LogP contribution is 2.36. The Labute approximate surface area is 106 Å². The molecule has 0 radical (unpaired) electrons. The lowest BCUT2D eigenvalue weighted by molar-refractivity contribution is 0.0963. The number of carbonyl (C=O) groups excluding carboxylic acids is 1. The van der Waals surface area contributed by atoms with E-state index in [1.54, 1.807) is 25.2 Å². The molecule has 0 atom stereocenters. The van der Waals surface area contributed by atoms with Crippen molar-refractivity contribution < 1.29 is 9.90 Å². The number of carbonyl (C=O) groups is 1. The highest BCUT2D eigenvalue weighted by molar-refractivity contribution is 5.95. The van der Waals surface area contributed by atoms with Crippen LogP contribution in [-0.4, -0.2) is 30.2 Å². The van der Waals surface area contributed by atoms with Crippen LogP contribution in [0.1, 0.15) is 29.6 Å². The number of nitrogen functional groups attached to an aromatic ring is 1. The average molecular weight is 249 g/mol. The summed E-state index contributed by atoms with van der Waals surface area (Å²) in [6.45, 7) is 0.101. The summed E-state index contributed by atoms with van der Waals surface area (Å²) >= 11 is 0. The Kier molecular flexibility index (Phi) is 3.43. The molecule has 0 aliphatic heterocycles. The van der Waals surface area contributed by atoms with Crippen LogP contribution in [0.5, 0.6) is 0 Å². The second-order valence-corrected chi connectivity index (χ2v) is 4.80. The molecule has 5 nitrogen and oxygen atoms in total. The van der Waals surface area contributed by atoms with Gasteiger partial charge in [-0.25, -0.2) is 0 Å². The predicted octanol–water partition coefficient (Wildman–Crippen LogP) is 0.955. The molecule has 1 aromatic carbocycles. The zero-order chi connectivity index (χ0) is 13.2. The van der Waals surface area contributed by atoms with Crippen molar-refractivity contribution in [2.45, 2.75) is 24.8 Å². The highest BCUT2D eigenvalue weighted by Gasteiger charge is 2.36. The number of amides is 1. The smallest absolute Gasteiger partial charge is 0.251 e. The van der Waals surface area contributed by atoms with Crippen molar-refractivity contribution in [2.75, 3.05) is 24.7 Å². The van der Waals surface area contributed by atoms with E-state index in [-0.39, 0.29) is 18.1 Å². The second kappa shape index (κ2) is 4.86. The summed E-state index contributed by atoms with van der Waals surface area (Å²) in [6.07, 6.45) is 3.00. The molecule has 0 aromatic heterocycles. The van der Waals surface area contributed by atoms with Crippen molar-refractivity contribution in [1.82, 2.24) is 5.32 Å². The van der Waals surface area contributed by atoms with Gasteiger partial charge in [-0.1, -0.05) is 0 Å². The minimum Gasteiger partial charge on any atom is -0.397 e. The molecule has 1 saturated carbocycles. The van der Waals surface area contributed by atoms with Crippen molar-refractivity contribution in [3.05, 3.63) is 23.8 Å². The molecular weight excluding hydrogens is 230 g/mol. The van der Waals surface area contributed by atoms with Gasteiger partial charge in [0.25, 0.3) is 5.91 Å². The van der Waals surface area contributed by atoms with Crippen LogP contribution in [0.15, 0.2) is 18.2 Å². The molecule has 98 valence electrons. The lowest BCUT2D eigenvalue weighted by Gasteiger charge is -2.42. The van der Waals surface area contributed by atoms with Crippen LogP contribution < -0.4 is 16.4 Å². The largest absolute Gasteiger partial charge is 0.397 e. The second-order valence-electron chi connectivity index (χ2n) is 4.80. The number of anilines is 2. The summed E-state index contributed by atoms with van der Waals surface area (Å²) in [7, 11) is 1.58. The maximum atomic E-state index is 11.5. The van der Waals surface area contributed by atoms with Crippen molar-refractivity contribution in [1.29, 1.82) is 0 Å². The zero-order valence-electron chi connectivity index (χ0n) is 10.5. The molecule has 1 aromatic rings. The third-order valence-corrected chi connectivity index (χ3v) is 3.55. The standard InChI is InChI=1S/C13H19N3O2/c1-15-12(18)9-3-4-11(10(14)7-9)16-13(8-17)5-2-6-13/h3-4,7,16-17H,2,5-6,8,14H2,1H3,(H,15,18). The van der Waals surface area contributed by atoms with Gasteiger partial charge >= 0.3 is 0 Å². The van der Waals surface area contributed by atoms with Gasteiger partial charge < -0.3 is 21.5 Å². The van der Waals surface area contributed by atoms with E-state index in [9.17, 15) is 9.90 Å². The summed E-state index contributed by atoms with van der Waals surface area (Å²) in [5.41, 5.74) is 7.53. The third-order valence-electron chi connectivity index (χ3n) is 3.55. The fourth-order valence-electron chi connectivity index (χ4n) is 2.17. The molecule has 18 heavy (non-hydrogen) atoms. The van der Waals surface area contributed by atoms with Crippen LogP contribution in [0.4, 0.5) is 11.4 Å². The first-order valence-corrected chi connectivity index (χ1v) is 6.11. The topological polar surface area (TPSA) is 87.4 Å². The zero-order valence-corrected chi connectivity index (χ0v) is 10.5. The Morgan fingerprint density at radius 1 is 1.50 bits per heavy atom. The molecule has 0 unspecified atom stereocenters. The number of hydrogen-bond donors (Lipinski definition) is 4. The molecule has 1 fully saturated rings. The van der Waals surface area contributed by atoms with Gasteiger partial charge in [-0.15, -0.1) is 0 Å². The summed E-state index contributed by atoms with van der Waals surface area (Å²) < 4.78 is 0. The van der Waals surface area contributed by atoms with E-state index in [2.05, 4.69) is 10.6 Å². The predicted molar refractivity (Wildman–Crippen MR) is 71.5 cm³/mol. The van der Waals surface area contributed by atoms with Gasteiger partial charge in [-0.3, -0.25) is 4.79 Å². The lowest BCUT2D eigenvalue weighted by Crippen LogP contribution is -2.48. The first kappa shape index (κ1) is 12.7. The van der Waals surface area contributed by atoms with E-state index in [1.807, 2.05) is 0 Å². The van der Waals surface area contributed by atoms with Crippen molar-refractivity contribution in [3.63, 3.8) is 0 Å². The Bertz CT molecular complexity index is 450. The van der Waals surface area contributed by atoms with Gasteiger partial charge in [0.05, 0.1) is 23.5 Å². The van der Waals surface area contributed by atoms with Gasteiger partial charge in [0.1, 0.15) is 0 Å². The van der Waals surface area contributed by atoms with E-state index in [0.717, 1.165) is 24.9 Å². The number of nitrogens with two attached hydrogens (primary N) is 1. The van der Waals surface area contributed by atoms with Crippen LogP contribution in [0.2, 0.25) is 0 Å². The molecular formula is C13H19N3O2. The molecule has 0 saturated heterocycles. The Morgan fingerprint density at radius 3 is 2.67 bits per heavy atom. The van der Waals surface area contributed by atoms with Gasteiger partial charge in [0, 0.05) is 12.6 Å². The maximum absolute atomic E-state index is 11.5. The van der Waals surface area contributed by atoms with E-state index in [0.29, 0.717) is 11.3 Å². The number of nitrogens with one attached hydrogen (secondary N) is 2. The molecule has 0 bridgehead atoms. The van der Waals surface area contributed by atoms with E-state index >= 15 is 0 Å². The summed E-state index contributed by atoms with van der Waals surface area (Å²) in [5, 5.41) is 15.2. The molecule has 0 spiro atoms. The number of benzene rings is 1. The fraction of sp³-hybridized carbons (Fsp3) is 0.462. The van der Waals surface area contributed by atoms with Crippen LogP contribution >= 0.6 is 0 Å². The number of aliphatic hydroxyl groups excluding tert-OH is 1. The minimum atomic E-state index is -0.233. The summed E-state index contributed by atoms with van der Waals surface area (Å²) in [5.74, 6) is -0.159. The monoisotopic (exact) mass is 249 g/mol. The van der Waals surface area contributed by atoms with E-state index < -0.39 is 0 Å². The molecule has 1 aliphatic rings. The molecule has 5 N–H and O–H groups in total. The van der Waals surface area contributed by atoms with Crippen molar-refractivity contribution >= 4 is 17.3 Å². The summed E-state index contributed by atoms with van der Waals surface area (Å²) in [4.78, 5) is 11.5. The first-order chi connectivity index (χ1) is 8.60. The highest BCUT2D eigenvalue weighted by atomic mass is 16.3. The van der Waals surface area contributed by atoms with E-state index in [1.165, 1.54) is 0 Å². The van der Waals surface area contributed by atoms with Crippen molar-refractivity contribution in [3.8, 4) is 0 Å². The summed E-state index contributed by atoms with van der Waals surface area (Å²) in [6, 6.07) is 5.15. The van der Waals surface area contributed by atoms with Gasteiger partial charge in [-0.2, -0.15) is 0 Å². The Morgan fingerprint density at radius 2 is 2.22 bits per heavy atom. The number of aliphatic hydroxyl groups is 1.